The van der Waals surface area contributed by atoms with Gasteiger partial charge in [-0.15, -0.1) is 0 Å². The summed E-state index contributed by atoms with van der Waals surface area (Å²) >= 11 is 1.34. The third kappa shape index (κ3) is 2.54. The van der Waals surface area contributed by atoms with E-state index in [9.17, 15) is 4.79 Å². The van der Waals surface area contributed by atoms with Crippen molar-refractivity contribution in [1.29, 1.82) is 5.26 Å². The van der Waals surface area contributed by atoms with Gasteiger partial charge in [-0.05, 0) is 31.7 Å². The van der Waals surface area contributed by atoms with E-state index >= 15 is 0 Å². The number of thioether (sulfide) groups is 1. The van der Waals surface area contributed by atoms with Crippen molar-refractivity contribution in [3.8, 4) is 17.3 Å². The van der Waals surface area contributed by atoms with Crippen molar-refractivity contribution < 1.29 is 0 Å². The van der Waals surface area contributed by atoms with Crippen LogP contribution >= 0.6 is 11.8 Å². The second kappa shape index (κ2) is 5.29. The second-order valence-electron chi connectivity index (χ2n) is 4.23. The van der Waals surface area contributed by atoms with Crippen LogP contribution in [0.2, 0.25) is 0 Å². The van der Waals surface area contributed by atoms with Crippen molar-refractivity contribution in [3.63, 3.8) is 0 Å². The highest BCUT2D eigenvalue weighted by molar-refractivity contribution is 7.98. The molecule has 0 aliphatic rings. The lowest BCUT2D eigenvalue weighted by Gasteiger charge is -2.09. The predicted octanol–water partition coefficient (Wildman–Crippen LogP) is 2.65. The molecule has 1 aromatic carbocycles. The van der Waals surface area contributed by atoms with E-state index in [-0.39, 0.29) is 5.56 Å². The summed E-state index contributed by atoms with van der Waals surface area (Å²) in [5.74, 6) is 0. The van der Waals surface area contributed by atoms with E-state index < -0.39 is 5.56 Å². The maximum absolute atomic E-state index is 11.9. The molecule has 0 atom stereocenters. The Morgan fingerprint density at radius 3 is 2.74 bits per heavy atom. The Kier molecular flexibility index (Phi) is 3.72. The Labute approximate surface area is 115 Å². The van der Waals surface area contributed by atoms with E-state index in [0.717, 1.165) is 16.7 Å². The third-order valence-corrected chi connectivity index (χ3v) is 3.43. The molecule has 0 saturated heterocycles. The number of H-pyrrole nitrogens is 1. The lowest BCUT2D eigenvalue weighted by molar-refractivity contribution is 0.936. The third-order valence-electron chi connectivity index (χ3n) is 2.85. The molecule has 0 aliphatic heterocycles. The van der Waals surface area contributed by atoms with Gasteiger partial charge in [0.2, 0.25) is 0 Å². The van der Waals surface area contributed by atoms with E-state index in [2.05, 4.69) is 9.97 Å². The normalized spacial score (nSPS) is 10.2. The average molecular weight is 271 g/mol. The Bertz CT molecular complexity index is 728. The molecule has 0 fully saturated rings. The van der Waals surface area contributed by atoms with Gasteiger partial charge in [0.05, 0.1) is 5.69 Å². The summed E-state index contributed by atoms with van der Waals surface area (Å²) in [4.78, 5) is 18.9. The summed E-state index contributed by atoms with van der Waals surface area (Å²) in [6, 6.07) is 7.85. The summed E-state index contributed by atoms with van der Waals surface area (Å²) in [6.07, 6.45) is 1.83. The number of nitrogens with zero attached hydrogens (tertiary/aromatic N) is 2. The van der Waals surface area contributed by atoms with Gasteiger partial charge in [0, 0.05) is 5.56 Å². The molecule has 0 unspecified atom stereocenters. The lowest BCUT2D eigenvalue weighted by Crippen LogP contribution is -2.14. The molecule has 2 aromatic rings. The van der Waals surface area contributed by atoms with Crippen molar-refractivity contribution in [2.45, 2.75) is 19.0 Å². The van der Waals surface area contributed by atoms with Crippen molar-refractivity contribution >= 4 is 11.8 Å². The monoisotopic (exact) mass is 271 g/mol. The van der Waals surface area contributed by atoms with Crippen LogP contribution in [0.1, 0.15) is 16.7 Å². The summed E-state index contributed by atoms with van der Waals surface area (Å²) in [6.45, 7) is 3.91. The van der Waals surface area contributed by atoms with Crippen LogP contribution in [0.5, 0.6) is 0 Å². The van der Waals surface area contributed by atoms with Gasteiger partial charge in [-0.1, -0.05) is 29.5 Å². The molecule has 0 amide bonds. The zero-order valence-corrected chi connectivity index (χ0v) is 11.8. The van der Waals surface area contributed by atoms with Gasteiger partial charge < -0.3 is 4.98 Å². The fraction of sp³-hybridized carbons (Fsp3) is 0.214. The van der Waals surface area contributed by atoms with Crippen LogP contribution in [0.15, 0.2) is 28.2 Å². The van der Waals surface area contributed by atoms with E-state index in [1.54, 1.807) is 0 Å². The minimum atomic E-state index is -0.391. The molecule has 0 spiro atoms. The molecule has 0 aliphatic carbocycles. The Morgan fingerprint density at radius 1 is 1.37 bits per heavy atom. The zero-order valence-electron chi connectivity index (χ0n) is 10.9. The summed E-state index contributed by atoms with van der Waals surface area (Å²) < 4.78 is 0. The van der Waals surface area contributed by atoms with E-state index in [0.29, 0.717) is 10.9 Å². The molecule has 2 rings (SSSR count). The fourth-order valence-corrected chi connectivity index (χ4v) is 2.22. The minimum absolute atomic E-state index is 0.0616. The van der Waals surface area contributed by atoms with Crippen molar-refractivity contribution in [3.05, 3.63) is 45.2 Å². The highest BCUT2D eigenvalue weighted by Gasteiger charge is 2.14. The number of nitrogens with one attached hydrogen (secondary N) is 1. The number of nitriles is 1. The minimum Gasteiger partial charge on any atom is -0.300 e. The number of benzene rings is 1. The molecule has 96 valence electrons. The molecule has 0 radical (unpaired) electrons. The molecular weight excluding hydrogens is 258 g/mol. The number of rotatable bonds is 2. The first kappa shape index (κ1) is 13.4. The van der Waals surface area contributed by atoms with E-state index in [4.69, 9.17) is 5.26 Å². The molecule has 0 saturated carbocycles. The van der Waals surface area contributed by atoms with Crippen molar-refractivity contribution in [1.82, 2.24) is 9.97 Å². The summed E-state index contributed by atoms with van der Waals surface area (Å²) in [5, 5.41) is 9.68. The molecule has 19 heavy (non-hydrogen) atoms. The number of hydrogen-bond acceptors (Lipinski definition) is 4. The van der Waals surface area contributed by atoms with Crippen molar-refractivity contribution in [2.24, 2.45) is 0 Å². The predicted molar refractivity (Wildman–Crippen MR) is 76.3 cm³/mol. The van der Waals surface area contributed by atoms with Gasteiger partial charge in [-0.3, -0.25) is 4.79 Å². The number of hydrogen-bond donors (Lipinski definition) is 1. The van der Waals surface area contributed by atoms with Gasteiger partial charge in [-0.25, -0.2) is 4.98 Å². The van der Waals surface area contributed by atoms with Gasteiger partial charge >= 0.3 is 0 Å². The fourth-order valence-electron chi connectivity index (χ4n) is 1.84. The van der Waals surface area contributed by atoms with Crippen LogP contribution in [0.4, 0.5) is 0 Å². The summed E-state index contributed by atoms with van der Waals surface area (Å²) in [7, 11) is 0. The van der Waals surface area contributed by atoms with Gasteiger partial charge in [0.1, 0.15) is 11.6 Å². The molecule has 0 bridgehead atoms. The molecule has 4 nitrogen and oxygen atoms in total. The lowest BCUT2D eigenvalue weighted by atomic mass is 10.0. The van der Waals surface area contributed by atoms with Gasteiger partial charge in [0.15, 0.2) is 5.16 Å². The Hall–Kier alpha value is -2.06. The first-order chi connectivity index (χ1) is 9.06. The second-order valence-corrected chi connectivity index (χ2v) is 5.02. The van der Waals surface area contributed by atoms with E-state index in [1.165, 1.54) is 11.8 Å². The van der Waals surface area contributed by atoms with Crippen molar-refractivity contribution in [2.75, 3.05) is 6.26 Å². The Balaban J connectivity index is 2.81. The van der Waals surface area contributed by atoms with Crippen LogP contribution in [0, 0.1) is 25.2 Å². The quantitative estimate of drug-likeness (QED) is 0.673. The van der Waals surface area contributed by atoms with Crippen LogP contribution in [0.25, 0.3) is 11.3 Å². The molecule has 1 heterocycles. The largest absolute Gasteiger partial charge is 0.300 e. The molecule has 5 heteroatoms. The SMILES string of the molecule is CSc1nc(-c2cc(C)ccc2C)c(C#N)c(=O)[nH]1. The topological polar surface area (TPSA) is 69.5 Å². The van der Waals surface area contributed by atoms with Gasteiger partial charge in [0.25, 0.3) is 5.56 Å². The first-order valence-electron chi connectivity index (χ1n) is 5.73. The maximum atomic E-state index is 11.9. The van der Waals surface area contributed by atoms with Crippen LogP contribution in [-0.2, 0) is 0 Å². The molecule has 1 N–H and O–H groups in total. The number of aromatic nitrogens is 2. The number of aryl methyl sites for hydroxylation is 2. The summed E-state index contributed by atoms with van der Waals surface area (Å²) in [5.41, 5.74) is 3.02. The highest BCUT2D eigenvalue weighted by Crippen LogP contribution is 2.25. The standard InChI is InChI=1S/C14H13N3OS/c1-8-4-5-9(2)10(6-8)12-11(7-15)13(18)17-14(16-12)19-3/h4-6H,1-3H3,(H,16,17,18). The van der Waals surface area contributed by atoms with Gasteiger partial charge in [-0.2, -0.15) is 5.26 Å². The number of aromatic amines is 1. The zero-order chi connectivity index (χ0) is 14.0. The van der Waals surface area contributed by atoms with Crippen LogP contribution < -0.4 is 5.56 Å². The Morgan fingerprint density at radius 2 is 2.11 bits per heavy atom. The first-order valence-corrected chi connectivity index (χ1v) is 6.95. The smallest absolute Gasteiger partial charge is 0.270 e. The molecule has 1 aromatic heterocycles. The molecular formula is C14H13N3OS. The average Bonchev–Trinajstić information content (AvgIpc) is 2.40. The maximum Gasteiger partial charge on any atom is 0.270 e. The van der Waals surface area contributed by atoms with Crippen LogP contribution in [0.3, 0.4) is 0 Å². The van der Waals surface area contributed by atoms with E-state index in [1.807, 2.05) is 44.4 Å². The highest BCUT2D eigenvalue weighted by atomic mass is 32.2. The van der Waals surface area contributed by atoms with Crippen LogP contribution in [-0.4, -0.2) is 16.2 Å².